The highest BCUT2D eigenvalue weighted by atomic mass is 16.5. The number of benzene rings is 1. The highest BCUT2D eigenvalue weighted by molar-refractivity contribution is 5.38. The summed E-state index contributed by atoms with van der Waals surface area (Å²) >= 11 is 0. The molecule has 0 amide bonds. The molecule has 0 saturated carbocycles. The van der Waals surface area contributed by atoms with Gasteiger partial charge in [-0.15, -0.1) is 0 Å². The van der Waals surface area contributed by atoms with Crippen LogP contribution >= 0.6 is 0 Å². The molecule has 4 nitrogen and oxygen atoms in total. The maximum Gasteiger partial charge on any atom is 0.124 e. The van der Waals surface area contributed by atoms with E-state index in [1.807, 2.05) is 24.3 Å². The van der Waals surface area contributed by atoms with Crippen LogP contribution in [0.2, 0.25) is 0 Å². The minimum Gasteiger partial charge on any atom is -0.496 e. The molecule has 98 valence electrons. The molecule has 2 saturated heterocycles. The molecule has 4 heteroatoms. The maximum absolute atomic E-state index is 11.0. The molecule has 1 aromatic carbocycles. The van der Waals surface area contributed by atoms with Crippen LogP contribution in [0.1, 0.15) is 18.4 Å². The molecule has 18 heavy (non-hydrogen) atoms. The van der Waals surface area contributed by atoms with Crippen molar-refractivity contribution in [2.24, 2.45) is 0 Å². The lowest BCUT2D eigenvalue weighted by Crippen LogP contribution is -2.58. The number of rotatable bonds is 2. The van der Waals surface area contributed by atoms with E-state index in [0.717, 1.165) is 11.3 Å². The van der Waals surface area contributed by atoms with Crippen LogP contribution in [-0.4, -0.2) is 37.5 Å². The number of morpholine rings is 1. The predicted octanol–water partition coefficient (Wildman–Crippen LogP) is 1.03. The Labute approximate surface area is 107 Å². The van der Waals surface area contributed by atoms with Gasteiger partial charge in [-0.2, -0.15) is 0 Å². The van der Waals surface area contributed by atoms with Crippen molar-refractivity contribution in [2.45, 2.75) is 30.5 Å². The Morgan fingerprint density at radius 2 is 1.94 bits per heavy atom. The quantitative estimate of drug-likeness (QED) is 0.822. The van der Waals surface area contributed by atoms with Crippen LogP contribution in [0, 0.1) is 0 Å². The number of ether oxygens (including phenoxy) is 2. The number of aliphatic hydroxyl groups is 1. The summed E-state index contributed by atoms with van der Waals surface area (Å²) in [7, 11) is 1.65. The number of methoxy groups -OCH3 is 1. The summed E-state index contributed by atoms with van der Waals surface area (Å²) in [5.41, 5.74) is 0.0858. The van der Waals surface area contributed by atoms with Crippen LogP contribution in [0.5, 0.6) is 5.75 Å². The molecule has 2 heterocycles. The minimum atomic E-state index is -0.809. The van der Waals surface area contributed by atoms with Crippen molar-refractivity contribution in [2.75, 3.05) is 20.3 Å². The molecule has 2 bridgehead atoms. The normalized spacial score (nSPS) is 35.2. The standard InChI is InChI=1S/C14H19NO3/c1-17-13-5-3-2-4-12(13)14(16)6-10-8-18-9-11(7-14)15-10/h2-5,10-11,15-16H,6-9H2,1H3. The van der Waals surface area contributed by atoms with Gasteiger partial charge in [-0.25, -0.2) is 0 Å². The molecule has 2 fully saturated rings. The van der Waals surface area contributed by atoms with Crippen molar-refractivity contribution < 1.29 is 14.6 Å². The topological polar surface area (TPSA) is 50.7 Å². The Kier molecular flexibility index (Phi) is 3.01. The van der Waals surface area contributed by atoms with Gasteiger partial charge < -0.3 is 19.9 Å². The molecule has 3 rings (SSSR count). The lowest BCUT2D eigenvalue weighted by Gasteiger charge is -2.45. The van der Waals surface area contributed by atoms with E-state index >= 15 is 0 Å². The molecule has 0 aromatic heterocycles. The second-order valence-corrected chi connectivity index (χ2v) is 5.24. The predicted molar refractivity (Wildman–Crippen MR) is 67.7 cm³/mol. The summed E-state index contributed by atoms with van der Waals surface area (Å²) in [4.78, 5) is 0. The fourth-order valence-electron chi connectivity index (χ4n) is 3.17. The Hall–Kier alpha value is -1.10. The highest BCUT2D eigenvalue weighted by Crippen LogP contribution is 2.40. The van der Waals surface area contributed by atoms with Crippen molar-refractivity contribution in [3.63, 3.8) is 0 Å². The van der Waals surface area contributed by atoms with Crippen molar-refractivity contribution >= 4 is 0 Å². The molecular weight excluding hydrogens is 230 g/mol. The van der Waals surface area contributed by atoms with Gasteiger partial charge in [0.15, 0.2) is 0 Å². The van der Waals surface area contributed by atoms with E-state index in [1.54, 1.807) is 7.11 Å². The van der Waals surface area contributed by atoms with E-state index in [4.69, 9.17) is 9.47 Å². The highest BCUT2D eigenvalue weighted by Gasteiger charge is 2.43. The largest absolute Gasteiger partial charge is 0.496 e. The van der Waals surface area contributed by atoms with Crippen molar-refractivity contribution in [1.29, 1.82) is 0 Å². The molecular formula is C14H19NO3. The molecule has 0 spiro atoms. The van der Waals surface area contributed by atoms with E-state index < -0.39 is 5.60 Å². The fourth-order valence-corrected chi connectivity index (χ4v) is 3.17. The monoisotopic (exact) mass is 249 g/mol. The third-order valence-electron chi connectivity index (χ3n) is 3.89. The van der Waals surface area contributed by atoms with Crippen molar-refractivity contribution in [3.05, 3.63) is 29.8 Å². The van der Waals surface area contributed by atoms with Crippen LogP contribution in [0.25, 0.3) is 0 Å². The summed E-state index contributed by atoms with van der Waals surface area (Å²) in [6, 6.07) is 8.20. The zero-order valence-electron chi connectivity index (χ0n) is 10.6. The van der Waals surface area contributed by atoms with E-state index in [-0.39, 0.29) is 12.1 Å². The first-order valence-electron chi connectivity index (χ1n) is 6.41. The third kappa shape index (κ3) is 2.00. The zero-order chi connectivity index (χ0) is 12.6. The van der Waals surface area contributed by atoms with Gasteiger partial charge in [0.05, 0.1) is 25.9 Å². The van der Waals surface area contributed by atoms with E-state index in [9.17, 15) is 5.11 Å². The summed E-state index contributed by atoms with van der Waals surface area (Å²) in [5, 5.41) is 14.5. The number of para-hydroxylation sites is 1. The van der Waals surface area contributed by atoms with Crippen LogP contribution in [0.3, 0.4) is 0 Å². The molecule has 2 atom stereocenters. The first-order chi connectivity index (χ1) is 8.71. The molecule has 2 aliphatic heterocycles. The van der Waals surface area contributed by atoms with Crippen molar-refractivity contribution in [3.8, 4) is 5.75 Å². The number of hydrogen-bond donors (Lipinski definition) is 2. The SMILES string of the molecule is COc1ccccc1C1(O)CC2COCC(C1)N2. The third-order valence-corrected chi connectivity index (χ3v) is 3.89. The van der Waals surface area contributed by atoms with Gasteiger partial charge in [0, 0.05) is 17.6 Å². The Morgan fingerprint density at radius 1 is 1.28 bits per heavy atom. The fraction of sp³-hybridized carbons (Fsp3) is 0.571. The minimum absolute atomic E-state index is 0.229. The van der Waals surface area contributed by atoms with Crippen LogP contribution in [0.4, 0.5) is 0 Å². The lowest BCUT2D eigenvalue weighted by molar-refractivity contribution is -0.0810. The molecule has 1 aromatic rings. The second-order valence-electron chi connectivity index (χ2n) is 5.24. The zero-order valence-corrected chi connectivity index (χ0v) is 10.6. The molecule has 0 aliphatic carbocycles. The van der Waals surface area contributed by atoms with Gasteiger partial charge in [-0.05, 0) is 18.9 Å². The van der Waals surface area contributed by atoms with E-state index in [0.29, 0.717) is 26.1 Å². The van der Waals surface area contributed by atoms with Crippen LogP contribution in [-0.2, 0) is 10.3 Å². The Morgan fingerprint density at radius 3 is 2.61 bits per heavy atom. The van der Waals surface area contributed by atoms with Crippen LogP contribution in [0.15, 0.2) is 24.3 Å². The summed E-state index contributed by atoms with van der Waals surface area (Å²) in [5.74, 6) is 0.765. The van der Waals surface area contributed by atoms with Crippen LogP contribution < -0.4 is 10.1 Å². The van der Waals surface area contributed by atoms with Crippen molar-refractivity contribution in [1.82, 2.24) is 5.32 Å². The van der Waals surface area contributed by atoms with Gasteiger partial charge in [-0.1, -0.05) is 18.2 Å². The van der Waals surface area contributed by atoms with Gasteiger partial charge in [0.25, 0.3) is 0 Å². The summed E-state index contributed by atoms with van der Waals surface area (Å²) in [6.45, 7) is 1.35. The lowest BCUT2D eigenvalue weighted by atomic mass is 9.78. The van der Waals surface area contributed by atoms with Gasteiger partial charge in [0.2, 0.25) is 0 Å². The molecule has 2 unspecified atom stereocenters. The smallest absolute Gasteiger partial charge is 0.124 e. The molecule has 0 radical (unpaired) electrons. The van der Waals surface area contributed by atoms with Gasteiger partial charge >= 0.3 is 0 Å². The molecule has 2 aliphatic rings. The number of fused-ring (bicyclic) bond motifs is 2. The average Bonchev–Trinajstić information content (AvgIpc) is 2.38. The maximum atomic E-state index is 11.0. The van der Waals surface area contributed by atoms with E-state index in [1.165, 1.54) is 0 Å². The Bertz CT molecular complexity index is 423. The Balaban J connectivity index is 1.94. The second kappa shape index (κ2) is 4.53. The average molecular weight is 249 g/mol. The number of piperidine rings is 1. The van der Waals surface area contributed by atoms with E-state index in [2.05, 4.69) is 5.32 Å². The summed E-state index contributed by atoms with van der Waals surface area (Å²) in [6.07, 6.45) is 1.34. The van der Waals surface area contributed by atoms with Gasteiger partial charge in [-0.3, -0.25) is 0 Å². The molecule has 2 N–H and O–H groups in total. The van der Waals surface area contributed by atoms with Gasteiger partial charge in [0.1, 0.15) is 5.75 Å². The number of nitrogens with one attached hydrogen (secondary N) is 1. The first kappa shape index (κ1) is 12.0. The summed E-state index contributed by atoms with van der Waals surface area (Å²) < 4.78 is 10.9. The first-order valence-corrected chi connectivity index (χ1v) is 6.41. The number of hydrogen-bond acceptors (Lipinski definition) is 4.